The largest absolute Gasteiger partial charge is 0.398 e. The van der Waals surface area contributed by atoms with Crippen LogP contribution in [0.15, 0.2) is 24.3 Å². The van der Waals surface area contributed by atoms with Gasteiger partial charge >= 0.3 is 0 Å². The molecule has 6 heteroatoms. The molecule has 0 aliphatic rings. The van der Waals surface area contributed by atoms with Gasteiger partial charge in [-0.15, -0.1) is 0 Å². The lowest BCUT2D eigenvalue weighted by atomic mass is 10.1. The molecule has 1 aromatic carbocycles. The van der Waals surface area contributed by atoms with Crippen LogP contribution >= 0.6 is 0 Å². The second kappa shape index (κ2) is 6.06. The van der Waals surface area contributed by atoms with E-state index in [0.29, 0.717) is 12.2 Å². The maximum absolute atomic E-state index is 12.0. The molecular weight excluding hydrogens is 264 g/mol. The zero-order chi connectivity index (χ0) is 14.6. The fraction of sp³-hybridized carbons (Fsp3) is 0.462. The molecule has 0 saturated heterocycles. The van der Waals surface area contributed by atoms with E-state index in [0.717, 1.165) is 11.8 Å². The molecule has 0 bridgehead atoms. The van der Waals surface area contributed by atoms with Crippen molar-refractivity contribution in [3.8, 4) is 0 Å². The second-order valence-corrected chi connectivity index (χ2v) is 7.02. The van der Waals surface area contributed by atoms with Gasteiger partial charge in [-0.25, -0.2) is 8.42 Å². The van der Waals surface area contributed by atoms with Gasteiger partial charge in [-0.2, -0.15) is 0 Å². The first-order valence-electron chi connectivity index (χ1n) is 6.01. The first kappa shape index (κ1) is 15.5. The molecule has 0 radical (unpaired) electrons. The summed E-state index contributed by atoms with van der Waals surface area (Å²) in [5.74, 6) is -0.876. The molecular formula is C13H20N2O3S. The number of anilines is 1. The van der Waals surface area contributed by atoms with E-state index in [-0.39, 0.29) is 6.04 Å². The van der Waals surface area contributed by atoms with Crippen LogP contribution in [0.3, 0.4) is 0 Å². The number of carbonyl (C=O) groups excluding carboxylic acids is 1. The molecule has 0 aliphatic heterocycles. The predicted molar refractivity (Wildman–Crippen MR) is 76.3 cm³/mol. The van der Waals surface area contributed by atoms with E-state index in [4.69, 9.17) is 5.73 Å². The highest BCUT2D eigenvalue weighted by Gasteiger charge is 2.21. The van der Waals surface area contributed by atoms with Crippen molar-refractivity contribution in [2.75, 3.05) is 17.7 Å². The van der Waals surface area contributed by atoms with Crippen molar-refractivity contribution >= 4 is 21.4 Å². The van der Waals surface area contributed by atoms with Crippen LogP contribution < -0.4 is 5.73 Å². The Morgan fingerprint density at radius 3 is 2.37 bits per heavy atom. The number of nitrogens with zero attached hydrogens (tertiary/aromatic N) is 1. The standard InChI is InChI=1S/C13H20N2O3S/c1-10(2)15(13(16)9-19(3,17)18)8-11-6-4-5-7-12(11)14/h4-7,10H,8-9,14H2,1-3H3. The van der Waals surface area contributed by atoms with Crippen LogP contribution in [0.1, 0.15) is 19.4 Å². The molecule has 106 valence electrons. The molecule has 0 atom stereocenters. The summed E-state index contributed by atoms with van der Waals surface area (Å²) in [5, 5.41) is 0. The summed E-state index contributed by atoms with van der Waals surface area (Å²) in [4.78, 5) is 13.5. The summed E-state index contributed by atoms with van der Waals surface area (Å²) in [5.41, 5.74) is 7.26. The van der Waals surface area contributed by atoms with E-state index >= 15 is 0 Å². The molecule has 5 nitrogen and oxygen atoms in total. The molecule has 0 fully saturated rings. The zero-order valence-electron chi connectivity index (χ0n) is 11.5. The van der Waals surface area contributed by atoms with Crippen LogP contribution in [-0.4, -0.2) is 37.3 Å². The molecule has 2 N–H and O–H groups in total. The number of amides is 1. The molecule has 0 unspecified atom stereocenters. The van der Waals surface area contributed by atoms with Crippen molar-refractivity contribution in [2.45, 2.75) is 26.4 Å². The maximum Gasteiger partial charge on any atom is 0.238 e. The Morgan fingerprint density at radius 2 is 1.89 bits per heavy atom. The molecule has 1 rings (SSSR count). The Morgan fingerprint density at radius 1 is 1.32 bits per heavy atom. The molecule has 1 amide bonds. The summed E-state index contributed by atoms with van der Waals surface area (Å²) in [6, 6.07) is 7.16. The highest BCUT2D eigenvalue weighted by atomic mass is 32.2. The van der Waals surface area contributed by atoms with Crippen LogP contribution in [0.25, 0.3) is 0 Å². The fourth-order valence-corrected chi connectivity index (χ4v) is 2.34. The van der Waals surface area contributed by atoms with Gasteiger partial charge in [0, 0.05) is 24.5 Å². The number of rotatable bonds is 5. The lowest BCUT2D eigenvalue weighted by Crippen LogP contribution is -2.40. The second-order valence-electron chi connectivity index (χ2n) is 4.88. The Balaban J connectivity index is 2.91. The minimum Gasteiger partial charge on any atom is -0.398 e. The first-order chi connectivity index (χ1) is 8.70. The molecule has 0 spiro atoms. The topological polar surface area (TPSA) is 80.5 Å². The number of nitrogens with two attached hydrogens (primary N) is 1. The van der Waals surface area contributed by atoms with Gasteiger partial charge < -0.3 is 10.6 Å². The number of nitrogen functional groups attached to an aromatic ring is 1. The van der Waals surface area contributed by atoms with Gasteiger partial charge in [-0.1, -0.05) is 18.2 Å². The van der Waals surface area contributed by atoms with Gasteiger partial charge in [0.1, 0.15) is 5.75 Å². The van der Waals surface area contributed by atoms with Crippen molar-refractivity contribution in [2.24, 2.45) is 0 Å². The smallest absolute Gasteiger partial charge is 0.238 e. The summed E-state index contributed by atoms with van der Waals surface area (Å²) in [6.07, 6.45) is 1.06. The van der Waals surface area contributed by atoms with Crippen molar-refractivity contribution in [3.63, 3.8) is 0 Å². The average Bonchev–Trinajstić information content (AvgIpc) is 2.24. The Bertz CT molecular complexity index is 553. The van der Waals surface area contributed by atoms with E-state index in [2.05, 4.69) is 0 Å². The van der Waals surface area contributed by atoms with Crippen LogP contribution in [-0.2, 0) is 21.2 Å². The maximum atomic E-state index is 12.0. The van der Waals surface area contributed by atoms with E-state index in [1.54, 1.807) is 6.07 Å². The number of hydrogen-bond donors (Lipinski definition) is 1. The molecule has 1 aromatic rings. The SMILES string of the molecule is CC(C)N(Cc1ccccc1N)C(=O)CS(C)(=O)=O. The van der Waals surface area contributed by atoms with Gasteiger partial charge in [-0.3, -0.25) is 4.79 Å². The highest BCUT2D eigenvalue weighted by molar-refractivity contribution is 7.91. The molecule has 0 aromatic heterocycles. The molecule has 0 aliphatic carbocycles. The molecule has 0 saturated carbocycles. The third kappa shape index (κ3) is 4.90. The van der Waals surface area contributed by atoms with Crippen molar-refractivity contribution in [1.82, 2.24) is 4.90 Å². The summed E-state index contributed by atoms with van der Waals surface area (Å²) in [6.45, 7) is 4.01. The lowest BCUT2D eigenvalue weighted by Gasteiger charge is -2.27. The van der Waals surface area contributed by atoms with E-state index in [1.165, 1.54) is 4.90 Å². The monoisotopic (exact) mass is 284 g/mol. The number of carbonyl (C=O) groups is 1. The highest BCUT2D eigenvalue weighted by Crippen LogP contribution is 2.15. The van der Waals surface area contributed by atoms with Crippen molar-refractivity contribution in [1.29, 1.82) is 0 Å². The zero-order valence-corrected chi connectivity index (χ0v) is 12.3. The van der Waals surface area contributed by atoms with Crippen LogP contribution in [0, 0.1) is 0 Å². The predicted octanol–water partition coefficient (Wildman–Crippen LogP) is 1.05. The number of benzene rings is 1. The van der Waals surface area contributed by atoms with E-state index in [9.17, 15) is 13.2 Å². The molecule has 19 heavy (non-hydrogen) atoms. The van der Waals surface area contributed by atoms with Crippen LogP contribution in [0.5, 0.6) is 0 Å². The first-order valence-corrected chi connectivity index (χ1v) is 8.07. The van der Waals surface area contributed by atoms with Crippen LogP contribution in [0.4, 0.5) is 5.69 Å². The minimum atomic E-state index is -3.33. The average molecular weight is 284 g/mol. The third-order valence-corrected chi connectivity index (χ3v) is 3.50. The van der Waals surface area contributed by atoms with Gasteiger partial charge in [0.15, 0.2) is 9.84 Å². The van der Waals surface area contributed by atoms with Gasteiger partial charge in [-0.05, 0) is 25.5 Å². The van der Waals surface area contributed by atoms with E-state index in [1.807, 2.05) is 32.0 Å². The number of hydrogen-bond acceptors (Lipinski definition) is 4. The normalized spacial score (nSPS) is 11.6. The fourth-order valence-electron chi connectivity index (χ4n) is 1.73. The van der Waals surface area contributed by atoms with Crippen LogP contribution in [0.2, 0.25) is 0 Å². The van der Waals surface area contributed by atoms with Crippen molar-refractivity contribution in [3.05, 3.63) is 29.8 Å². The minimum absolute atomic E-state index is 0.0890. The van der Waals surface area contributed by atoms with Gasteiger partial charge in [0.25, 0.3) is 0 Å². The Kier molecular flexibility index (Phi) is 4.94. The molecule has 0 heterocycles. The summed E-state index contributed by atoms with van der Waals surface area (Å²) < 4.78 is 22.4. The Labute approximate surface area is 114 Å². The quantitative estimate of drug-likeness (QED) is 0.820. The van der Waals surface area contributed by atoms with E-state index < -0.39 is 21.5 Å². The third-order valence-electron chi connectivity index (χ3n) is 2.73. The van der Waals surface area contributed by atoms with Gasteiger partial charge in [0.2, 0.25) is 5.91 Å². The summed E-state index contributed by atoms with van der Waals surface area (Å²) in [7, 11) is -3.33. The van der Waals surface area contributed by atoms with Gasteiger partial charge in [0.05, 0.1) is 0 Å². The summed E-state index contributed by atoms with van der Waals surface area (Å²) >= 11 is 0. The lowest BCUT2D eigenvalue weighted by molar-refractivity contribution is -0.130. The Hall–Kier alpha value is -1.56. The number of sulfone groups is 1. The number of para-hydroxylation sites is 1. The van der Waals surface area contributed by atoms with Crippen molar-refractivity contribution < 1.29 is 13.2 Å².